The van der Waals surface area contributed by atoms with Gasteiger partial charge < -0.3 is 13.9 Å². The zero-order chi connectivity index (χ0) is 16.2. The minimum atomic E-state index is -0.352. The van der Waals surface area contributed by atoms with Gasteiger partial charge in [-0.25, -0.2) is 4.79 Å². The topological polar surface area (TPSA) is 48.7 Å². The van der Waals surface area contributed by atoms with Crippen molar-refractivity contribution < 1.29 is 13.9 Å². The number of fused-ring (bicyclic) bond motifs is 1. The monoisotopic (exact) mass is 310 g/mol. The fraction of sp³-hybridized carbons (Fsp3) is 0.211. The highest BCUT2D eigenvalue weighted by Crippen LogP contribution is 2.22. The van der Waals surface area contributed by atoms with Crippen LogP contribution in [0.1, 0.15) is 11.1 Å². The molecule has 0 aliphatic carbocycles. The summed E-state index contributed by atoms with van der Waals surface area (Å²) in [4.78, 5) is 11.4. The normalized spacial score (nSPS) is 10.7. The molecular weight excluding hydrogens is 292 g/mol. The summed E-state index contributed by atoms with van der Waals surface area (Å²) in [5.74, 6) is 1.47. The van der Waals surface area contributed by atoms with Gasteiger partial charge in [0.15, 0.2) is 0 Å². The van der Waals surface area contributed by atoms with E-state index in [4.69, 9.17) is 13.9 Å². The van der Waals surface area contributed by atoms with Crippen molar-refractivity contribution in [3.05, 3.63) is 70.1 Å². The first-order valence-electron chi connectivity index (χ1n) is 7.48. The molecule has 0 bridgehead atoms. The molecule has 0 spiro atoms. The van der Waals surface area contributed by atoms with Crippen molar-refractivity contribution >= 4 is 11.0 Å². The Morgan fingerprint density at radius 2 is 1.52 bits per heavy atom. The predicted octanol–water partition coefficient (Wildman–Crippen LogP) is 3.87. The van der Waals surface area contributed by atoms with E-state index in [-0.39, 0.29) is 5.63 Å². The lowest BCUT2D eigenvalue weighted by molar-refractivity contribution is 0.217. The average molecular weight is 310 g/mol. The van der Waals surface area contributed by atoms with E-state index < -0.39 is 0 Å². The molecule has 1 heterocycles. The maximum absolute atomic E-state index is 11.4. The fourth-order valence-electron chi connectivity index (χ4n) is 2.35. The maximum Gasteiger partial charge on any atom is 0.336 e. The van der Waals surface area contributed by atoms with Gasteiger partial charge in [-0.05, 0) is 43.7 Å². The molecule has 0 N–H and O–H groups in total. The van der Waals surface area contributed by atoms with Crippen LogP contribution in [-0.4, -0.2) is 13.2 Å². The van der Waals surface area contributed by atoms with Crippen LogP contribution in [0.4, 0.5) is 0 Å². The van der Waals surface area contributed by atoms with Crippen molar-refractivity contribution in [2.45, 2.75) is 13.8 Å². The highest BCUT2D eigenvalue weighted by Gasteiger charge is 2.04. The van der Waals surface area contributed by atoms with Gasteiger partial charge in [0.2, 0.25) is 0 Å². The molecule has 23 heavy (non-hydrogen) atoms. The van der Waals surface area contributed by atoms with E-state index in [2.05, 4.69) is 0 Å². The van der Waals surface area contributed by atoms with Crippen LogP contribution in [0.5, 0.6) is 11.5 Å². The van der Waals surface area contributed by atoms with Crippen molar-refractivity contribution in [3.8, 4) is 11.5 Å². The Labute approximate surface area is 134 Å². The fourth-order valence-corrected chi connectivity index (χ4v) is 2.35. The Morgan fingerprint density at radius 1 is 0.870 bits per heavy atom. The van der Waals surface area contributed by atoms with E-state index in [1.54, 1.807) is 6.07 Å². The van der Waals surface area contributed by atoms with Crippen LogP contribution < -0.4 is 15.1 Å². The third kappa shape index (κ3) is 3.72. The molecule has 0 saturated carbocycles. The lowest BCUT2D eigenvalue weighted by Gasteiger charge is -2.09. The van der Waals surface area contributed by atoms with Gasteiger partial charge in [-0.2, -0.15) is 0 Å². The van der Waals surface area contributed by atoms with Crippen LogP contribution in [0, 0.1) is 13.8 Å². The standard InChI is InChI=1S/C19H18O4/c1-13-3-5-15(6-4-13)21-9-10-22-16-7-8-17-14(2)11-19(20)23-18(17)12-16/h3-8,11-12H,9-10H2,1-2H3. The number of ether oxygens (including phenoxy) is 2. The maximum atomic E-state index is 11.4. The molecule has 0 atom stereocenters. The molecule has 1 aromatic heterocycles. The summed E-state index contributed by atoms with van der Waals surface area (Å²) < 4.78 is 16.5. The second-order valence-electron chi connectivity index (χ2n) is 5.42. The van der Waals surface area contributed by atoms with E-state index in [1.165, 1.54) is 11.6 Å². The first-order valence-corrected chi connectivity index (χ1v) is 7.48. The lowest BCUT2D eigenvalue weighted by Crippen LogP contribution is -2.09. The molecule has 0 radical (unpaired) electrons. The van der Waals surface area contributed by atoms with Crippen LogP contribution in [-0.2, 0) is 0 Å². The second-order valence-corrected chi connectivity index (χ2v) is 5.42. The van der Waals surface area contributed by atoms with Gasteiger partial charge in [0.1, 0.15) is 30.3 Å². The van der Waals surface area contributed by atoms with Gasteiger partial charge >= 0.3 is 5.63 Å². The first-order chi connectivity index (χ1) is 11.1. The quantitative estimate of drug-likeness (QED) is 0.530. The average Bonchev–Trinajstić information content (AvgIpc) is 2.53. The molecule has 0 aliphatic rings. The van der Waals surface area contributed by atoms with Crippen LogP contribution in [0.15, 0.2) is 57.7 Å². The third-order valence-corrected chi connectivity index (χ3v) is 3.56. The zero-order valence-corrected chi connectivity index (χ0v) is 13.2. The first kappa shape index (κ1) is 15.2. The van der Waals surface area contributed by atoms with E-state index in [0.717, 1.165) is 16.7 Å². The Hall–Kier alpha value is -2.75. The predicted molar refractivity (Wildman–Crippen MR) is 89.4 cm³/mol. The Kier molecular flexibility index (Phi) is 4.33. The molecule has 0 unspecified atom stereocenters. The summed E-state index contributed by atoms with van der Waals surface area (Å²) in [6.45, 7) is 4.77. The molecule has 0 amide bonds. The highest BCUT2D eigenvalue weighted by molar-refractivity contribution is 5.81. The largest absolute Gasteiger partial charge is 0.490 e. The summed E-state index contributed by atoms with van der Waals surface area (Å²) in [5.41, 5.74) is 2.27. The number of aryl methyl sites for hydroxylation is 2. The van der Waals surface area contributed by atoms with E-state index in [1.807, 2.05) is 50.2 Å². The van der Waals surface area contributed by atoms with Crippen LogP contribution in [0.2, 0.25) is 0 Å². The van der Waals surface area contributed by atoms with Crippen molar-refractivity contribution in [1.82, 2.24) is 0 Å². The third-order valence-electron chi connectivity index (χ3n) is 3.56. The van der Waals surface area contributed by atoms with Crippen molar-refractivity contribution in [3.63, 3.8) is 0 Å². The summed E-state index contributed by atoms with van der Waals surface area (Å²) >= 11 is 0. The SMILES string of the molecule is Cc1ccc(OCCOc2ccc3c(C)cc(=O)oc3c2)cc1. The van der Waals surface area contributed by atoms with E-state index in [0.29, 0.717) is 24.5 Å². The van der Waals surface area contributed by atoms with Gasteiger partial charge in [0.05, 0.1) is 0 Å². The molecule has 3 rings (SSSR count). The zero-order valence-electron chi connectivity index (χ0n) is 13.2. The Bertz CT molecular complexity index is 863. The van der Waals surface area contributed by atoms with Crippen LogP contribution in [0.3, 0.4) is 0 Å². The number of hydrogen-bond acceptors (Lipinski definition) is 4. The molecule has 4 heteroatoms. The van der Waals surface area contributed by atoms with Gasteiger partial charge in [-0.1, -0.05) is 17.7 Å². The van der Waals surface area contributed by atoms with Gasteiger partial charge in [0, 0.05) is 17.5 Å². The number of rotatable bonds is 5. The summed E-state index contributed by atoms with van der Waals surface area (Å²) in [6.07, 6.45) is 0. The molecule has 0 fully saturated rings. The molecule has 3 aromatic rings. The minimum absolute atomic E-state index is 0.352. The molecule has 118 valence electrons. The van der Waals surface area contributed by atoms with Gasteiger partial charge in [0.25, 0.3) is 0 Å². The lowest BCUT2D eigenvalue weighted by atomic mass is 10.1. The van der Waals surface area contributed by atoms with Gasteiger partial charge in [-0.15, -0.1) is 0 Å². The molecule has 4 nitrogen and oxygen atoms in total. The van der Waals surface area contributed by atoms with Gasteiger partial charge in [-0.3, -0.25) is 0 Å². The van der Waals surface area contributed by atoms with E-state index in [9.17, 15) is 4.79 Å². The Balaban J connectivity index is 1.61. The minimum Gasteiger partial charge on any atom is -0.490 e. The van der Waals surface area contributed by atoms with Crippen molar-refractivity contribution in [1.29, 1.82) is 0 Å². The van der Waals surface area contributed by atoms with E-state index >= 15 is 0 Å². The molecule has 0 aliphatic heterocycles. The Morgan fingerprint density at radius 3 is 2.26 bits per heavy atom. The van der Waals surface area contributed by atoms with Crippen molar-refractivity contribution in [2.75, 3.05) is 13.2 Å². The number of benzene rings is 2. The highest BCUT2D eigenvalue weighted by atomic mass is 16.5. The number of hydrogen-bond donors (Lipinski definition) is 0. The summed E-state index contributed by atoms with van der Waals surface area (Å²) in [6, 6.07) is 14.8. The van der Waals surface area contributed by atoms with Crippen molar-refractivity contribution in [2.24, 2.45) is 0 Å². The second kappa shape index (κ2) is 6.57. The van der Waals surface area contributed by atoms with Crippen LogP contribution in [0.25, 0.3) is 11.0 Å². The molecular formula is C19H18O4. The smallest absolute Gasteiger partial charge is 0.336 e. The summed E-state index contributed by atoms with van der Waals surface area (Å²) in [7, 11) is 0. The molecule has 2 aromatic carbocycles. The summed E-state index contributed by atoms with van der Waals surface area (Å²) in [5, 5.41) is 0.910. The van der Waals surface area contributed by atoms with Crippen LogP contribution >= 0.6 is 0 Å². The molecule has 0 saturated heterocycles.